The van der Waals surface area contributed by atoms with Crippen LogP contribution in [0.5, 0.6) is 0 Å². The standard InChI is InChI=1S/C18H19NO3S/c1-13-8-9-16(14(2)10-13)19-17(20)11-22-18(21)12-23-15-6-4-3-5-7-15/h3-10H,11-12H2,1-2H3,(H,19,20). The molecule has 2 rings (SSSR count). The number of hydrogen-bond donors (Lipinski definition) is 1. The predicted molar refractivity (Wildman–Crippen MR) is 92.7 cm³/mol. The fourth-order valence-corrected chi connectivity index (χ4v) is 2.70. The summed E-state index contributed by atoms with van der Waals surface area (Å²) in [5.41, 5.74) is 2.84. The first-order valence-electron chi connectivity index (χ1n) is 7.25. The van der Waals surface area contributed by atoms with E-state index in [1.807, 2.05) is 62.4 Å². The molecule has 4 nitrogen and oxygen atoms in total. The molecule has 0 radical (unpaired) electrons. The van der Waals surface area contributed by atoms with Crippen molar-refractivity contribution in [1.82, 2.24) is 0 Å². The molecule has 0 atom stereocenters. The molecule has 0 aliphatic carbocycles. The number of amides is 1. The smallest absolute Gasteiger partial charge is 0.316 e. The van der Waals surface area contributed by atoms with Crippen LogP contribution in [0.1, 0.15) is 11.1 Å². The lowest BCUT2D eigenvalue weighted by atomic mass is 10.1. The molecule has 0 saturated heterocycles. The normalized spacial score (nSPS) is 10.2. The second kappa shape index (κ2) is 8.39. The number of anilines is 1. The van der Waals surface area contributed by atoms with Gasteiger partial charge in [0.05, 0.1) is 5.75 Å². The Morgan fingerprint density at radius 2 is 1.83 bits per heavy atom. The number of hydrogen-bond acceptors (Lipinski definition) is 4. The summed E-state index contributed by atoms with van der Waals surface area (Å²) in [5, 5.41) is 2.74. The lowest BCUT2D eigenvalue weighted by molar-refractivity contribution is -0.144. The minimum Gasteiger partial charge on any atom is -0.455 e. The van der Waals surface area contributed by atoms with E-state index < -0.39 is 5.97 Å². The number of ether oxygens (including phenoxy) is 1. The first-order valence-corrected chi connectivity index (χ1v) is 8.24. The number of thioether (sulfide) groups is 1. The van der Waals surface area contributed by atoms with Crippen molar-refractivity contribution in [2.45, 2.75) is 18.7 Å². The number of carbonyl (C=O) groups is 2. The monoisotopic (exact) mass is 329 g/mol. The van der Waals surface area contributed by atoms with Crippen molar-refractivity contribution in [2.24, 2.45) is 0 Å². The van der Waals surface area contributed by atoms with E-state index in [4.69, 9.17) is 4.74 Å². The highest BCUT2D eigenvalue weighted by Gasteiger charge is 2.09. The molecule has 0 fully saturated rings. The molecular formula is C18H19NO3S. The minimum absolute atomic E-state index is 0.181. The summed E-state index contributed by atoms with van der Waals surface area (Å²) in [4.78, 5) is 24.5. The molecule has 1 amide bonds. The zero-order chi connectivity index (χ0) is 16.7. The summed E-state index contributed by atoms with van der Waals surface area (Å²) in [6, 6.07) is 15.3. The molecule has 0 spiro atoms. The van der Waals surface area contributed by atoms with Crippen LogP contribution in [0.15, 0.2) is 53.4 Å². The van der Waals surface area contributed by atoms with Gasteiger partial charge in [-0.15, -0.1) is 11.8 Å². The van der Waals surface area contributed by atoms with E-state index in [1.54, 1.807) is 0 Å². The molecule has 0 aromatic heterocycles. The van der Waals surface area contributed by atoms with Gasteiger partial charge in [-0.05, 0) is 37.6 Å². The van der Waals surface area contributed by atoms with Gasteiger partial charge in [0.25, 0.3) is 5.91 Å². The Bertz CT molecular complexity index is 686. The maximum atomic E-state index is 11.8. The van der Waals surface area contributed by atoms with Crippen LogP contribution in [0.4, 0.5) is 5.69 Å². The number of aryl methyl sites for hydroxylation is 2. The summed E-state index contributed by atoms with van der Waals surface area (Å²) in [6.07, 6.45) is 0. The van der Waals surface area contributed by atoms with Crippen molar-refractivity contribution in [2.75, 3.05) is 17.7 Å². The molecule has 1 N–H and O–H groups in total. The average Bonchev–Trinajstić information content (AvgIpc) is 2.54. The topological polar surface area (TPSA) is 55.4 Å². The van der Waals surface area contributed by atoms with E-state index in [0.29, 0.717) is 0 Å². The van der Waals surface area contributed by atoms with Crippen LogP contribution >= 0.6 is 11.8 Å². The molecule has 0 saturated carbocycles. The van der Waals surface area contributed by atoms with Gasteiger partial charge in [-0.2, -0.15) is 0 Å². The molecular weight excluding hydrogens is 310 g/mol. The summed E-state index contributed by atoms with van der Waals surface area (Å²) < 4.78 is 4.99. The number of benzene rings is 2. The zero-order valence-electron chi connectivity index (χ0n) is 13.2. The fourth-order valence-electron chi connectivity index (χ4n) is 1.99. The lowest BCUT2D eigenvalue weighted by Gasteiger charge is -2.09. The van der Waals surface area contributed by atoms with Crippen LogP contribution in [-0.4, -0.2) is 24.2 Å². The van der Waals surface area contributed by atoms with Gasteiger partial charge < -0.3 is 10.1 Å². The highest BCUT2D eigenvalue weighted by atomic mass is 32.2. The van der Waals surface area contributed by atoms with Gasteiger partial charge in [0.15, 0.2) is 6.61 Å². The van der Waals surface area contributed by atoms with Crippen LogP contribution in [0.3, 0.4) is 0 Å². The Balaban J connectivity index is 1.74. The third-order valence-corrected chi connectivity index (χ3v) is 4.11. The van der Waals surface area contributed by atoms with Gasteiger partial charge in [0, 0.05) is 10.6 Å². The molecule has 0 aliphatic heterocycles. The van der Waals surface area contributed by atoms with E-state index in [2.05, 4.69) is 5.32 Å². The third-order valence-electron chi connectivity index (χ3n) is 3.12. The molecule has 0 heterocycles. The Morgan fingerprint density at radius 1 is 1.09 bits per heavy atom. The maximum absolute atomic E-state index is 11.8. The molecule has 23 heavy (non-hydrogen) atoms. The number of esters is 1. The Hall–Kier alpha value is -2.27. The second-order valence-corrected chi connectivity index (χ2v) is 6.18. The highest BCUT2D eigenvalue weighted by molar-refractivity contribution is 8.00. The zero-order valence-corrected chi connectivity index (χ0v) is 14.0. The van der Waals surface area contributed by atoms with Gasteiger partial charge in [-0.3, -0.25) is 9.59 Å². The van der Waals surface area contributed by atoms with Crippen LogP contribution in [0.25, 0.3) is 0 Å². The van der Waals surface area contributed by atoms with Crippen molar-refractivity contribution >= 4 is 29.3 Å². The molecule has 0 bridgehead atoms. The van der Waals surface area contributed by atoms with E-state index in [9.17, 15) is 9.59 Å². The molecule has 0 unspecified atom stereocenters. The van der Waals surface area contributed by atoms with Crippen molar-refractivity contribution < 1.29 is 14.3 Å². The summed E-state index contributed by atoms with van der Waals surface area (Å²) >= 11 is 1.38. The average molecular weight is 329 g/mol. The number of rotatable bonds is 6. The number of nitrogens with one attached hydrogen (secondary N) is 1. The van der Waals surface area contributed by atoms with Crippen LogP contribution in [0.2, 0.25) is 0 Å². The van der Waals surface area contributed by atoms with Crippen LogP contribution in [-0.2, 0) is 14.3 Å². The van der Waals surface area contributed by atoms with Crippen molar-refractivity contribution in [3.63, 3.8) is 0 Å². The van der Waals surface area contributed by atoms with Crippen LogP contribution in [0, 0.1) is 13.8 Å². The first-order chi connectivity index (χ1) is 11.0. The maximum Gasteiger partial charge on any atom is 0.316 e. The largest absolute Gasteiger partial charge is 0.455 e. The Kier molecular flexibility index (Phi) is 6.23. The minimum atomic E-state index is -0.408. The first kappa shape index (κ1) is 17.1. The van der Waals surface area contributed by atoms with Gasteiger partial charge in [0.2, 0.25) is 0 Å². The fraction of sp³-hybridized carbons (Fsp3) is 0.222. The SMILES string of the molecule is Cc1ccc(NC(=O)COC(=O)CSc2ccccc2)c(C)c1. The molecule has 120 valence electrons. The highest BCUT2D eigenvalue weighted by Crippen LogP contribution is 2.17. The van der Waals surface area contributed by atoms with E-state index in [1.165, 1.54) is 11.8 Å². The van der Waals surface area contributed by atoms with E-state index in [0.717, 1.165) is 21.7 Å². The van der Waals surface area contributed by atoms with Gasteiger partial charge in [0.1, 0.15) is 0 Å². The second-order valence-electron chi connectivity index (χ2n) is 5.13. The Morgan fingerprint density at radius 3 is 2.52 bits per heavy atom. The van der Waals surface area contributed by atoms with Gasteiger partial charge in [-0.1, -0.05) is 35.9 Å². The van der Waals surface area contributed by atoms with E-state index in [-0.39, 0.29) is 18.3 Å². The summed E-state index contributed by atoms with van der Waals surface area (Å²) in [6.45, 7) is 3.64. The van der Waals surface area contributed by atoms with Crippen molar-refractivity contribution in [3.8, 4) is 0 Å². The summed E-state index contributed by atoms with van der Waals surface area (Å²) in [7, 11) is 0. The number of carbonyl (C=O) groups excluding carboxylic acids is 2. The van der Waals surface area contributed by atoms with Crippen LogP contribution < -0.4 is 5.32 Å². The van der Waals surface area contributed by atoms with Gasteiger partial charge in [-0.25, -0.2) is 0 Å². The molecule has 5 heteroatoms. The molecule has 2 aromatic carbocycles. The van der Waals surface area contributed by atoms with Crippen molar-refractivity contribution in [1.29, 1.82) is 0 Å². The lowest BCUT2D eigenvalue weighted by Crippen LogP contribution is -2.22. The van der Waals surface area contributed by atoms with E-state index >= 15 is 0 Å². The van der Waals surface area contributed by atoms with Gasteiger partial charge >= 0.3 is 5.97 Å². The van der Waals surface area contributed by atoms with Crippen molar-refractivity contribution in [3.05, 3.63) is 59.7 Å². The predicted octanol–water partition coefficient (Wildman–Crippen LogP) is 3.58. The molecule has 0 aliphatic rings. The quantitative estimate of drug-likeness (QED) is 0.650. The molecule has 2 aromatic rings. The third kappa shape index (κ3) is 5.79. The summed E-state index contributed by atoms with van der Waals surface area (Å²) in [5.74, 6) is -0.564. The Labute approximate surface area is 140 Å².